The second-order valence-electron chi connectivity index (χ2n) is 5.44. The fraction of sp³-hybridized carbons (Fsp3) is 0.500. The lowest BCUT2D eigenvalue weighted by Gasteiger charge is -2.16. The molecular formula is C16H22N2O3. The number of carbonyl (C=O) groups is 2. The summed E-state index contributed by atoms with van der Waals surface area (Å²) >= 11 is 0. The normalized spacial score (nSPS) is 18.8. The van der Waals surface area contributed by atoms with E-state index >= 15 is 0 Å². The summed E-state index contributed by atoms with van der Waals surface area (Å²) in [5.74, 6) is -0.820. The predicted molar refractivity (Wildman–Crippen MR) is 81.3 cm³/mol. The molecule has 5 nitrogen and oxygen atoms in total. The zero-order valence-electron chi connectivity index (χ0n) is 12.1. The molecule has 5 heteroatoms. The van der Waals surface area contributed by atoms with Crippen LogP contribution >= 0.6 is 0 Å². The first kappa shape index (κ1) is 15.5. The summed E-state index contributed by atoms with van der Waals surface area (Å²) in [4.78, 5) is 22.8. The number of rotatable bonds is 5. The molecule has 1 aliphatic rings. The minimum atomic E-state index is -0.813. The molecule has 1 atom stereocenters. The first-order valence-electron chi connectivity index (χ1n) is 7.50. The zero-order valence-corrected chi connectivity index (χ0v) is 12.1. The number of benzene rings is 1. The summed E-state index contributed by atoms with van der Waals surface area (Å²) in [6, 6.07) is 7.27. The first-order valence-corrected chi connectivity index (χ1v) is 7.50. The highest BCUT2D eigenvalue weighted by molar-refractivity contribution is 5.94. The zero-order chi connectivity index (χ0) is 15.1. The third-order valence-corrected chi connectivity index (χ3v) is 3.70. The number of hydrogen-bond acceptors (Lipinski definition) is 3. The quantitative estimate of drug-likeness (QED) is 0.776. The highest BCUT2D eigenvalue weighted by Gasteiger charge is 2.19. The Morgan fingerprint density at radius 3 is 2.95 bits per heavy atom. The lowest BCUT2D eigenvalue weighted by atomic mass is 10.1. The summed E-state index contributed by atoms with van der Waals surface area (Å²) in [6.07, 6.45) is 4.80. The molecule has 1 fully saturated rings. The van der Waals surface area contributed by atoms with Crippen LogP contribution in [0.1, 0.15) is 37.7 Å². The summed E-state index contributed by atoms with van der Waals surface area (Å²) < 4.78 is 0. The van der Waals surface area contributed by atoms with Crippen LogP contribution in [0, 0.1) is 0 Å². The van der Waals surface area contributed by atoms with Gasteiger partial charge < -0.3 is 15.7 Å². The van der Waals surface area contributed by atoms with Crippen molar-refractivity contribution >= 4 is 17.6 Å². The summed E-state index contributed by atoms with van der Waals surface area (Å²) in [5, 5.41) is 14.9. The van der Waals surface area contributed by atoms with Crippen molar-refractivity contribution in [2.24, 2.45) is 0 Å². The third-order valence-electron chi connectivity index (χ3n) is 3.70. The fourth-order valence-electron chi connectivity index (χ4n) is 2.54. The minimum Gasteiger partial charge on any atom is -0.481 e. The van der Waals surface area contributed by atoms with Crippen LogP contribution in [0.2, 0.25) is 0 Å². The molecule has 1 saturated heterocycles. The maximum atomic E-state index is 12.2. The van der Waals surface area contributed by atoms with Gasteiger partial charge in [0.1, 0.15) is 0 Å². The van der Waals surface area contributed by atoms with Crippen LogP contribution < -0.4 is 10.6 Å². The molecule has 0 radical (unpaired) electrons. The first-order chi connectivity index (χ1) is 10.1. The molecule has 0 saturated carbocycles. The maximum Gasteiger partial charge on any atom is 0.303 e. The smallest absolute Gasteiger partial charge is 0.303 e. The van der Waals surface area contributed by atoms with E-state index in [4.69, 9.17) is 5.11 Å². The number of aliphatic carboxylic acids is 1. The number of amides is 1. The molecule has 1 aromatic rings. The fourth-order valence-corrected chi connectivity index (χ4v) is 2.54. The summed E-state index contributed by atoms with van der Waals surface area (Å²) in [7, 11) is 0. The van der Waals surface area contributed by atoms with Crippen LogP contribution in [0.5, 0.6) is 0 Å². The number of aryl methyl sites for hydroxylation is 1. The number of carbonyl (C=O) groups excluding carboxylic acids is 1. The second-order valence-corrected chi connectivity index (χ2v) is 5.44. The van der Waals surface area contributed by atoms with E-state index < -0.39 is 5.97 Å². The topological polar surface area (TPSA) is 78.4 Å². The van der Waals surface area contributed by atoms with Crippen LogP contribution in [0.25, 0.3) is 0 Å². The average Bonchev–Trinajstić information content (AvgIpc) is 2.74. The van der Waals surface area contributed by atoms with Gasteiger partial charge in [-0.25, -0.2) is 0 Å². The van der Waals surface area contributed by atoms with Crippen LogP contribution in [0.15, 0.2) is 24.3 Å². The van der Waals surface area contributed by atoms with Crippen molar-refractivity contribution in [2.75, 3.05) is 11.9 Å². The van der Waals surface area contributed by atoms with E-state index in [9.17, 15) is 9.59 Å². The van der Waals surface area contributed by atoms with Crippen LogP contribution in [-0.4, -0.2) is 29.6 Å². The van der Waals surface area contributed by atoms with Crippen molar-refractivity contribution < 1.29 is 14.7 Å². The molecule has 1 aromatic carbocycles. The molecule has 1 unspecified atom stereocenters. The van der Waals surface area contributed by atoms with E-state index in [1.54, 1.807) is 0 Å². The number of nitrogens with one attached hydrogen (secondary N) is 2. The number of anilines is 1. The van der Waals surface area contributed by atoms with E-state index in [-0.39, 0.29) is 18.4 Å². The Labute approximate surface area is 124 Å². The van der Waals surface area contributed by atoms with Crippen molar-refractivity contribution in [2.45, 2.75) is 44.6 Å². The molecule has 1 aliphatic heterocycles. The minimum absolute atomic E-state index is 0.00714. The summed E-state index contributed by atoms with van der Waals surface area (Å²) in [5.41, 5.74) is 1.65. The number of carboxylic acids is 1. The van der Waals surface area contributed by atoms with Gasteiger partial charge in [-0.05, 0) is 43.5 Å². The molecule has 1 heterocycles. The van der Waals surface area contributed by atoms with Crippen molar-refractivity contribution in [3.63, 3.8) is 0 Å². The van der Waals surface area contributed by atoms with E-state index in [1.807, 2.05) is 24.3 Å². The van der Waals surface area contributed by atoms with Gasteiger partial charge in [-0.1, -0.05) is 25.0 Å². The van der Waals surface area contributed by atoms with Gasteiger partial charge in [-0.2, -0.15) is 0 Å². The number of hydrogen-bond donors (Lipinski definition) is 3. The highest BCUT2D eigenvalue weighted by atomic mass is 16.4. The van der Waals surface area contributed by atoms with Gasteiger partial charge in [0, 0.05) is 12.1 Å². The molecule has 0 spiro atoms. The van der Waals surface area contributed by atoms with E-state index in [2.05, 4.69) is 10.6 Å². The van der Waals surface area contributed by atoms with Crippen molar-refractivity contribution in [3.8, 4) is 0 Å². The monoisotopic (exact) mass is 290 g/mol. The van der Waals surface area contributed by atoms with Gasteiger partial charge >= 0.3 is 5.97 Å². The Kier molecular flexibility index (Phi) is 5.75. The Morgan fingerprint density at radius 2 is 2.14 bits per heavy atom. The van der Waals surface area contributed by atoms with Gasteiger partial charge in [-0.15, -0.1) is 0 Å². The van der Waals surface area contributed by atoms with E-state index in [1.165, 1.54) is 6.42 Å². The standard InChI is InChI=1S/C16H22N2O3/c19-15(20)9-8-12-5-4-6-13(11-12)18-16(21)14-7-2-1-3-10-17-14/h4-6,11,14,17H,1-3,7-10H2,(H,18,21)(H,19,20). The highest BCUT2D eigenvalue weighted by Crippen LogP contribution is 2.15. The third kappa shape index (κ3) is 5.19. The Bertz CT molecular complexity index is 494. The molecule has 0 aliphatic carbocycles. The van der Waals surface area contributed by atoms with Crippen molar-refractivity contribution in [3.05, 3.63) is 29.8 Å². The van der Waals surface area contributed by atoms with E-state index in [0.29, 0.717) is 6.42 Å². The molecule has 1 amide bonds. The van der Waals surface area contributed by atoms with Crippen LogP contribution in [-0.2, 0) is 16.0 Å². The molecule has 0 aromatic heterocycles. The molecule has 2 rings (SSSR count). The predicted octanol–water partition coefficient (Wildman–Crippen LogP) is 2.17. The lowest BCUT2D eigenvalue weighted by molar-refractivity contribution is -0.137. The summed E-state index contributed by atoms with van der Waals surface area (Å²) in [6.45, 7) is 0.886. The Hall–Kier alpha value is -1.88. The maximum absolute atomic E-state index is 12.2. The van der Waals surface area contributed by atoms with E-state index in [0.717, 1.165) is 37.1 Å². The van der Waals surface area contributed by atoms with Gasteiger partial charge in [0.25, 0.3) is 0 Å². The van der Waals surface area contributed by atoms with Crippen molar-refractivity contribution in [1.29, 1.82) is 0 Å². The molecule has 3 N–H and O–H groups in total. The average molecular weight is 290 g/mol. The van der Waals surface area contributed by atoms with Crippen LogP contribution in [0.3, 0.4) is 0 Å². The number of carboxylic acid groups (broad SMARTS) is 1. The van der Waals surface area contributed by atoms with Crippen molar-refractivity contribution in [1.82, 2.24) is 5.32 Å². The SMILES string of the molecule is O=C(O)CCc1cccc(NC(=O)C2CCCCCN2)c1. The lowest BCUT2D eigenvalue weighted by Crippen LogP contribution is -2.39. The molecule has 21 heavy (non-hydrogen) atoms. The van der Waals surface area contributed by atoms with Gasteiger partial charge in [0.15, 0.2) is 0 Å². The molecule has 0 bridgehead atoms. The molecular weight excluding hydrogens is 268 g/mol. The Balaban J connectivity index is 1.93. The largest absolute Gasteiger partial charge is 0.481 e. The van der Waals surface area contributed by atoms with Crippen LogP contribution in [0.4, 0.5) is 5.69 Å². The van der Waals surface area contributed by atoms with Gasteiger partial charge in [-0.3, -0.25) is 9.59 Å². The molecule has 114 valence electrons. The van der Waals surface area contributed by atoms with Gasteiger partial charge in [0.2, 0.25) is 5.91 Å². The Morgan fingerprint density at radius 1 is 1.29 bits per heavy atom. The van der Waals surface area contributed by atoms with Gasteiger partial charge in [0.05, 0.1) is 6.04 Å². The second kappa shape index (κ2) is 7.78.